The Morgan fingerprint density at radius 3 is 2.29 bits per heavy atom. The fourth-order valence-electron chi connectivity index (χ4n) is 1.82. The predicted molar refractivity (Wildman–Crippen MR) is 86.9 cm³/mol. The van der Waals surface area contributed by atoms with Crippen LogP contribution in [-0.2, 0) is 4.79 Å². The normalized spacial score (nSPS) is 10.0. The Morgan fingerprint density at radius 1 is 0.952 bits per heavy atom. The zero-order chi connectivity index (χ0) is 15.2. The van der Waals surface area contributed by atoms with Gasteiger partial charge in [0.15, 0.2) is 0 Å². The first kappa shape index (κ1) is 15.1. The Bertz CT molecular complexity index is 654. The lowest BCUT2D eigenvalue weighted by molar-refractivity contribution is -0.114. The van der Waals surface area contributed by atoms with E-state index < -0.39 is 0 Å². The zero-order valence-electron chi connectivity index (χ0n) is 11.8. The number of carbonyl (C=O) groups excluding carboxylic acids is 2. The van der Waals surface area contributed by atoms with E-state index in [9.17, 15) is 9.59 Å². The van der Waals surface area contributed by atoms with Crippen molar-refractivity contribution in [3.05, 3.63) is 54.1 Å². The second-order valence-electron chi connectivity index (χ2n) is 4.44. The van der Waals surface area contributed by atoms with Gasteiger partial charge in [-0.25, -0.2) is 0 Å². The molecule has 0 aliphatic heterocycles. The molecule has 0 saturated heterocycles. The molecule has 0 bridgehead atoms. The largest absolute Gasteiger partial charge is 0.326 e. The average Bonchev–Trinajstić information content (AvgIpc) is 2.47. The van der Waals surface area contributed by atoms with Gasteiger partial charge in [0.05, 0.1) is 0 Å². The number of benzene rings is 2. The molecule has 108 valence electrons. The van der Waals surface area contributed by atoms with Crippen molar-refractivity contribution in [1.29, 1.82) is 0 Å². The molecule has 0 aliphatic rings. The van der Waals surface area contributed by atoms with E-state index in [0.717, 1.165) is 10.6 Å². The highest BCUT2D eigenvalue weighted by atomic mass is 32.2. The fourth-order valence-corrected chi connectivity index (χ4v) is 2.23. The van der Waals surface area contributed by atoms with E-state index in [4.69, 9.17) is 0 Å². The van der Waals surface area contributed by atoms with Crippen LogP contribution in [0.4, 0.5) is 11.4 Å². The third-order valence-electron chi connectivity index (χ3n) is 2.79. The van der Waals surface area contributed by atoms with Gasteiger partial charge in [-0.05, 0) is 48.7 Å². The van der Waals surface area contributed by atoms with E-state index in [2.05, 4.69) is 10.6 Å². The molecule has 4 nitrogen and oxygen atoms in total. The van der Waals surface area contributed by atoms with Crippen LogP contribution in [0.3, 0.4) is 0 Å². The number of amides is 2. The third kappa shape index (κ3) is 4.36. The standard InChI is InChI=1S/C16H16N2O2S/c1-11(19)17-14-5-3-4-12(10-14)16(20)18-13-6-8-15(21-2)9-7-13/h3-10H,1-2H3,(H,17,19)(H,18,20). The number of carbonyl (C=O) groups is 2. The number of hydrogen-bond donors (Lipinski definition) is 2. The Hall–Kier alpha value is -2.27. The lowest BCUT2D eigenvalue weighted by Crippen LogP contribution is -2.13. The lowest BCUT2D eigenvalue weighted by Gasteiger charge is -2.08. The molecule has 0 spiro atoms. The molecule has 0 atom stereocenters. The highest BCUT2D eigenvalue weighted by molar-refractivity contribution is 7.98. The van der Waals surface area contributed by atoms with Crippen molar-refractivity contribution in [2.45, 2.75) is 11.8 Å². The Balaban J connectivity index is 2.10. The first-order valence-corrected chi connectivity index (χ1v) is 7.64. The van der Waals surface area contributed by atoms with Crippen molar-refractivity contribution in [3.63, 3.8) is 0 Å². The van der Waals surface area contributed by atoms with Gasteiger partial charge in [-0.1, -0.05) is 6.07 Å². The van der Waals surface area contributed by atoms with Gasteiger partial charge in [-0.15, -0.1) is 11.8 Å². The van der Waals surface area contributed by atoms with Gasteiger partial charge in [-0.2, -0.15) is 0 Å². The maximum absolute atomic E-state index is 12.2. The molecule has 2 amide bonds. The van der Waals surface area contributed by atoms with Gasteiger partial charge in [-0.3, -0.25) is 9.59 Å². The van der Waals surface area contributed by atoms with Crippen LogP contribution in [0.5, 0.6) is 0 Å². The van der Waals surface area contributed by atoms with Crippen molar-refractivity contribution in [2.24, 2.45) is 0 Å². The van der Waals surface area contributed by atoms with Crippen LogP contribution in [0.1, 0.15) is 17.3 Å². The van der Waals surface area contributed by atoms with Crippen molar-refractivity contribution in [3.8, 4) is 0 Å². The molecule has 0 heterocycles. The van der Waals surface area contributed by atoms with Crippen LogP contribution in [0.25, 0.3) is 0 Å². The molecule has 2 aromatic rings. The second kappa shape index (κ2) is 6.95. The van der Waals surface area contributed by atoms with Gasteiger partial charge in [0, 0.05) is 28.8 Å². The summed E-state index contributed by atoms with van der Waals surface area (Å²) in [5.41, 5.74) is 1.84. The molecule has 0 aliphatic carbocycles. The number of thioether (sulfide) groups is 1. The van der Waals surface area contributed by atoms with Crippen LogP contribution in [0.15, 0.2) is 53.4 Å². The van der Waals surface area contributed by atoms with Crippen LogP contribution in [0, 0.1) is 0 Å². The van der Waals surface area contributed by atoms with Gasteiger partial charge in [0.1, 0.15) is 0 Å². The summed E-state index contributed by atoms with van der Waals surface area (Å²) in [5, 5.41) is 5.49. The molecule has 0 fully saturated rings. The maximum atomic E-state index is 12.2. The van der Waals surface area contributed by atoms with Gasteiger partial charge >= 0.3 is 0 Å². The Kier molecular flexibility index (Phi) is 5.00. The molecule has 5 heteroatoms. The van der Waals surface area contributed by atoms with E-state index in [1.165, 1.54) is 6.92 Å². The smallest absolute Gasteiger partial charge is 0.255 e. The van der Waals surface area contributed by atoms with E-state index in [-0.39, 0.29) is 11.8 Å². The van der Waals surface area contributed by atoms with Crippen LogP contribution in [0.2, 0.25) is 0 Å². The van der Waals surface area contributed by atoms with E-state index in [0.29, 0.717) is 11.3 Å². The van der Waals surface area contributed by atoms with Gasteiger partial charge in [0.2, 0.25) is 5.91 Å². The summed E-state index contributed by atoms with van der Waals surface area (Å²) in [6, 6.07) is 14.5. The molecule has 0 saturated carbocycles. The summed E-state index contributed by atoms with van der Waals surface area (Å²) in [6.45, 7) is 1.43. The molecule has 21 heavy (non-hydrogen) atoms. The molecular formula is C16H16N2O2S. The van der Waals surface area contributed by atoms with Crippen molar-refractivity contribution >= 4 is 35.0 Å². The third-order valence-corrected chi connectivity index (χ3v) is 3.54. The monoisotopic (exact) mass is 300 g/mol. The predicted octanol–water partition coefficient (Wildman–Crippen LogP) is 3.62. The quantitative estimate of drug-likeness (QED) is 0.848. The zero-order valence-corrected chi connectivity index (χ0v) is 12.7. The summed E-state index contributed by atoms with van der Waals surface area (Å²) in [4.78, 5) is 24.3. The lowest BCUT2D eigenvalue weighted by atomic mass is 10.2. The molecule has 0 radical (unpaired) electrons. The van der Waals surface area contributed by atoms with Gasteiger partial charge < -0.3 is 10.6 Å². The first-order valence-electron chi connectivity index (χ1n) is 6.41. The fraction of sp³-hybridized carbons (Fsp3) is 0.125. The van der Waals surface area contributed by atoms with E-state index >= 15 is 0 Å². The van der Waals surface area contributed by atoms with Crippen molar-refractivity contribution in [2.75, 3.05) is 16.9 Å². The van der Waals surface area contributed by atoms with E-state index in [1.807, 2.05) is 30.5 Å². The van der Waals surface area contributed by atoms with Gasteiger partial charge in [0.25, 0.3) is 5.91 Å². The Labute approximate surface area is 127 Å². The number of nitrogens with one attached hydrogen (secondary N) is 2. The molecule has 0 aromatic heterocycles. The first-order chi connectivity index (χ1) is 10.1. The maximum Gasteiger partial charge on any atom is 0.255 e. The number of hydrogen-bond acceptors (Lipinski definition) is 3. The minimum atomic E-state index is -0.209. The highest BCUT2D eigenvalue weighted by Gasteiger charge is 2.07. The molecule has 2 aromatic carbocycles. The minimum Gasteiger partial charge on any atom is -0.326 e. The molecular weight excluding hydrogens is 284 g/mol. The molecule has 0 unspecified atom stereocenters. The molecule has 2 N–H and O–H groups in total. The molecule has 2 rings (SSSR count). The summed E-state index contributed by atoms with van der Waals surface area (Å²) in [7, 11) is 0. The number of rotatable bonds is 4. The van der Waals surface area contributed by atoms with Crippen molar-refractivity contribution in [1.82, 2.24) is 0 Å². The van der Waals surface area contributed by atoms with E-state index in [1.54, 1.807) is 36.0 Å². The summed E-state index contributed by atoms with van der Waals surface area (Å²) in [6.07, 6.45) is 2.00. The van der Waals surface area contributed by atoms with Crippen molar-refractivity contribution < 1.29 is 9.59 Å². The van der Waals surface area contributed by atoms with Crippen LogP contribution in [-0.4, -0.2) is 18.1 Å². The number of anilines is 2. The van der Waals surface area contributed by atoms with Crippen LogP contribution < -0.4 is 10.6 Å². The summed E-state index contributed by atoms with van der Waals surface area (Å²) in [5.74, 6) is -0.376. The topological polar surface area (TPSA) is 58.2 Å². The minimum absolute atomic E-state index is 0.166. The summed E-state index contributed by atoms with van der Waals surface area (Å²) >= 11 is 1.65. The Morgan fingerprint density at radius 2 is 1.67 bits per heavy atom. The van der Waals surface area contributed by atoms with Crippen LogP contribution >= 0.6 is 11.8 Å². The highest BCUT2D eigenvalue weighted by Crippen LogP contribution is 2.18. The second-order valence-corrected chi connectivity index (χ2v) is 5.32. The average molecular weight is 300 g/mol. The SMILES string of the molecule is CSc1ccc(NC(=O)c2cccc(NC(C)=O)c2)cc1. The summed E-state index contributed by atoms with van der Waals surface area (Å²) < 4.78 is 0.